The van der Waals surface area contributed by atoms with Gasteiger partial charge in [0.1, 0.15) is 0 Å². The Labute approximate surface area is 124 Å². The van der Waals surface area contributed by atoms with Gasteiger partial charge in [-0.05, 0) is 54.5 Å². The minimum atomic E-state index is 0.596. The van der Waals surface area contributed by atoms with E-state index in [2.05, 4.69) is 61.5 Å². The molecule has 0 aliphatic heterocycles. The maximum Gasteiger partial charge on any atom is 0.0716 e. The molecule has 0 saturated heterocycles. The lowest BCUT2D eigenvalue weighted by Crippen LogP contribution is -1.94. The highest BCUT2D eigenvalue weighted by Crippen LogP contribution is 2.29. The van der Waals surface area contributed by atoms with Gasteiger partial charge < -0.3 is 0 Å². The van der Waals surface area contributed by atoms with E-state index in [4.69, 9.17) is 0 Å². The molecule has 1 nitrogen and oxygen atoms in total. The molecule has 0 bridgehead atoms. The fourth-order valence-electron chi connectivity index (χ4n) is 2.49. The normalized spacial score (nSPS) is 12.8. The van der Waals surface area contributed by atoms with Crippen molar-refractivity contribution in [3.05, 3.63) is 53.0 Å². The van der Waals surface area contributed by atoms with Gasteiger partial charge in [0.15, 0.2) is 0 Å². The number of rotatable bonds is 3. The molecule has 3 aromatic rings. The highest BCUT2D eigenvalue weighted by Gasteiger charge is 2.08. The van der Waals surface area contributed by atoms with E-state index >= 15 is 0 Å². The third kappa shape index (κ3) is 2.48. The molecule has 0 spiro atoms. The van der Waals surface area contributed by atoms with Crippen LogP contribution in [0.4, 0.5) is 0 Å². The van der Waals surface area contributed by atoms with Gasteiger partial charge >= 0.3 is 0 Å². The smallest absolute Gasteiger partial charge is 0.0716 e. The lowest BCUT2D eigenvalue weighted by Gasteiger charge is -2.12. The summed E-state index contributed by atoms with van der Waals surface area (Å²) in [5, 5.41) is 3.35. The van der Waals surface area contributed by atoms with Crippen LogP contribution in [0.15, 0.2) is 41.9 Å². The summed E-state index contributed by atoms with van der Waals surface area (Å²) in [6.45, 7) is 6.69. The predicted molar refractivity (Wildman–Crippen MR) is 88.5 cm³/mol. The summed E-state index contributed by atoms with van der Waals surface area (Å²) in [6.07, 6.45) is 3.15. The Morgan fingerprint density at radius 2 is 2.05 bits per heavy atom. The number of nitrogens with zero attached hydrogens (tertiary/aromatic N) is 1. The second-order valence-electron chi connectivity index (χ2n) is 5.47. The van der Waals surface area contributed by atoms with Gasteiger partial charge in [-0.1, -0.05) is 25.5 Å². The molecule has 3 rings (SSSR count). The molecule has 1 atom stereocenters. The monoisotopic (exact) mass is 281 g/mol. The molecule has 2 heteroatoms. The van der Waals surface area contributed by atoms with Crippen LogP contribution in [0.5, 0.6) is 0 Å². The predicted octanol–water partition coefficient (Wildman–Crippen LogP) is 5.79. The van der Waals surface area contributed by atoms with Crippen molar-refractivity contribution in [3.8, 4) is 11.3 Å². The molecule has 1 unspecified atom stereocenters. The maximum atomic E-state index is 4.62. The van der Waals surface area contributed by atoms with E-state index in [1.54, 1.807) is 11.3 Å². The van der Waals surface area contributed by atoms with Gasteiger partial charge in [0, 0.05) is 21.8 Å². The van der Waals surface area contributed by atoms with Crippen molar-refractivity contribution in [2.24, 2.45) is 0 Å². The van der Waals surface area contributed by atoms with Crippen LogP contribution >= 0.6 is 11.3 Å². The van der Waals surface area contributed by atoms with Gasteiger partial charge in [-0.2, -0.15) is 0 Å². The Morgan fingerprint density at radius 1 is 1.20 bits per heavy atom. The third-order valence-corrected chi connectivity index (χ3v) is 4.79. The molecular formula is C18H19NS. The molecule has 102 valence electrons. The SMILES string of the molecule is CCC(C)c1cc(C)cc(-c2cc3sccc3cn2)c1. The second-order valence-corrected chi connectivity index (χ2v) is 6.42. The van der Waals surface area contributed by atoms with E-state index in [0.29, 0.717) is 5.92 Å². The zero-order valence-corrected chi connectivity index (χ0v) is 13.0. The largest absolute Gasteiger partial charge is 0.256 e. The van der Waals surface area contributed by atoms with E-state index in [1.807, 2.05) is 6.20 Å². The van der Waals surface area contributed by atoms with Crippen molar-refractivity contribution < 1.29 is 0 Å². The van der Waals surface area contributed by atoms with Gasteiger partial charge in [-0.3, -0.25) is 4.98 Å². The molecular weight excluding hydrogens is 262 g/mol. The fourth-order valence-corrected chi connectivity index (χ4v) is 3.29. The molecule has 0 aliphatic rings. The minimum Gasteiger partial charge on any atom is -0.256 e. The summed E-state index contributed by atoms with van der Waals surface area (Å²) in [6, 6.07) is 11.1. The van der Waals surface area contributed by atoms with Crippen LogP contribution in [0.25, 0.3) is 21.3 Å². The van der Waals surface area contributed by atoms with Gasteiger partial charge in [-0.25, -0.2) is 0 Å². The van der Waals surface area contributed by atoms with Crippen molar-refractivity contribution in [2.45, 2.75) is 33.1 Å². The zero-order valence-electron chi connectivity index (χ0n) is 12.2. The average molecular weight is 281 g/mol. The Hall–Kier alpha value is -1.67. The number of benzene rings is 1. The van der Waals surface area contributed by atoms with Crippen LogP contribution in [0, 0.1) is 6.92 Å². The Bertz CT molecular complexity index is 742. The summed E-state index contributed by atoms with van der Waals surface area (Å²) in [7, 11) is 0. The molecule has 0 saturated carbocycles. The van der Waals surface area contributed by atoms with Crippen molar-refractivity contribution in [1.82, 2.24) is 4.98 Å². The molecule has 2 aromatic heterocycles. The van der Waals surface area contributed by atoms with Crippen LogP contribution in [0.1, 0.15) is 37.3 Å². The zero-order chi connectivity index (χ0) is 14.1. The molecule has 0 radical (unpaired) electrons. The van der Waals surface area contributed by atoms with Gasteiger partial charge in [0.2, 0.25) is 0 Å². The highest BCUT2D eigenvalue weighted by molar-refractivity contribution is 7.17. The number of thiophene rings is 1. The maximum absolute atomic E-state index is 4.62. The number of aromatic nitrogens is 1. The Balaban J connectivity index is 2.10. The van der Waals surface area contributed by atoms with Crippen LogP contribution < -0.4 is 0 Å². The van der Waals surface area contributed by atoms with Crippen LogP contribution in [-0.2, 0) is 0 Å². The van der Waals surface area contributed by atoms with Crippen LogP contribution in [0.2, 0.25) is 0 Å². The first-order valence-electron chi connectivity index (χ1n) is 7.12. The number of fused-ring (bicyclic) bond motifs is 1. The minimum absolute atomic E-state index is 0.596. The lowest BCUT2D eigenvalue weighted by atomic mass is 9.94. The molecule has 0 fully saturated rings. The van der Waals surface area contributed by atoms with Crippen molar-refractivity contribution >= 4 is 21.4 Å². The number of pyridine rings is 1. The van der Waals surface area contributed by atoms with Gasteiger partial charge in [0.05, 0.1) is 5.69 Å². The standard InChI is InChI=1S/C18H19NS/c1-4-13(3)15-7-12(2)8-16(9-15)17-10-18-14(11-19-17)5-6-20-18/h5-11,13H,4H2,1-3H3. The van der Waals surface area contributed by atoms with E-state index in [-0.39, 0.29) is 0 Å². The van der Waals surface area contributed by atoms with Gasteiger partial charge in [0.25, 0.3) is 0 Å². The first kappa shape index (κ1) is 13.3. The summed E-state index contributed by atoms with van der Waals surface area (Å²) < 4.78 is 1.31. The molecule has 20 heavy (non-hydrogen) atoms. The van der Waals surface area contributed by atoms with Crippen LogP contribution in [-0.4, -0.2) is 4.98 Å². The van der Waals surface area contributed by atoms with E-state index in [9.17, 15) is 0 Å². The van der Waals surface area contributed by atoms with Crippen molar-refractivity contribution in [3.63, 3.8) is 0 Å². The molecule has 1 aromatic carbocycles. The van der Waals surface area contributed by atoms with Crippen molar-refractivity contribution in [1.29, 1.82) is 0 Å². The molecule has 0 N–H and O–H groups in total. The van der Waals surface area contributed by atoms with Crippen molar-refractivity contribution in [2.75, 3.05) is 0 Å². The van der Waals surface area contributed by atoms with E-state index in [1.165, 1.54) is 33.2 Å². The number of hydrogen-bond acceptors (Lipinski definition) is 2. The first-order chi connectivity index (χ1) is 9.67. The first-order valence-corrected chi connectivity index (χ1v) is 8.00. The summed E-state index contributed by atoms with van der Waals surface area (Å²) in [5.41, 5.74) is 5.03. The summed E-state index contributed by atoms with van der Waals surface area (Å²) >= 11 is 1.78. The molecule has 2 heterocycles. The Kier molecular flexibility index (Phi) is 3.58. The van der Waals surface area contributed by atoms with Crippen LogP contribution in [0.3, 0.4) is 0 Å². The number of hydrogen-bond donors (Lipinski definition) is 0. The quantitative estimate of drug-likeness (QED) is 0.592. The summed E-state index contributed by atoms with van der Waals surface area (Å²) in [5.74, 6) is 0.596. The Morgan fingerprint density at radius 3 is 2.85 bits per heavy atom. The topological polar surface area (TPSA) is 12.9 Å². The fraction of sp³-hybridized carbons (Fsp3) is 0.278. The average Bonchev–Trinajstić information content (AvgIpc) is 2.93. The second kappa shape index (κ2) is 5.37. The van der Waals surface area contributed by atoms with E-state index in [0.717, 1.165) is 5.69 Å². The number of aryl methyl sites for hydroxylation is 1. The summed E-state index contributed by atoms with van der Waals surface area (Å²) in [4.78, 5) is 4.62. The molecule has 0 aliphatic carbocycles. The highest BCUT2D eigenvalue weighted by atomic mass is 32.1. The van der Waals surface area contributed by atoms with E-state index < -0.39 is 0 Å². The molecule has 0 amide bonds. The lowest BCUT2D eigenvalue weighted by molar-refractivity contribution is 0.733. The van der Waals surface area contributed by atoms with Gasteiger partial charge in [-0.15, -0.1) is 11.3 Å². The third-order valence-electron chi connectivity index (χ3n) is 3.91.